The second-order valence-corrected chi connectivity index (χ2v) is 6.81. The molecule has 0 unspecified atom stereocenters. The zero-order valence-corrected chi connectivity index (χ0v) is 15.0. The molecule has 7 nitrogen and oxygen atoms in total. The first-order valence-corrected chi connectivity index (χ1v) is 9.02. The molecule has 0 aliphatic rings. The molecular formula is C17H20N2O5S. The summed E-state index contributed by atoms with van der Waals surface area (Å²) >= 11 is 0. The van der Waals surface area contributed by atoms with Gasteiger partial charge in [-0.15, -0.1) is 4.83 Å². The standard InChI is InChI=1S/C17H20N2O5S/c1-4-12-5-8-14(9-6-12)25(21,22)19-18-17(20)13-7-10-15(23-2)16(11-13)24-3/h5-11,19H,4H2,1-3H3,(H,18,20). The van der Waals surface area contributed by atoms with Gasteiger partial charge in [-0.3, -0.25) is 10.2 Å². The predicted molar refractivity (Wildman–Crippen MR) is 93.2 cm³/mol. The Hall–Kier alpha value is -2.58. The number of carbonyl (C=O) groups excluding carboxylic acids is 1. The third-order valence-corrected chi connectivity index (χ3v) is 4.85. The van der Waals surface area contributed by atoms with E-state index in [0.29, 0.717) is 11.5 Å². The highest BCUT2D eigenvalue weighted by molar-refractivity contribution is 7.89. The van der Waals surface area contributed by atoms with E-state index in [4.69, 9.17) is 9.47 Å². The van der Waals surface area contributed by atoms with Crippen molar-refractivity contribution in [1.29, 1.82) is 0 Å². The van der Waals surface area contributed by atoms with Gasteiger partial charge in [-0.1, -0.05) is 19.1 Å². The molecule has 0 radical (unpaired) electrons. The lowest BCUT2D eigenvalue weighted by molar-refractivity contribution is 0.0944. The maximum absolute atomic E-state index is 12.2. The van der Waals surface area contributed by atoms with Gasteiger partial charge in [0.15, 0.2) is 11.5 Å². The summed E-state index contributed by atoms with van der Waals surface area (Å²) in [4.78, 5) is 14.3. The van der Waals surface area contributed by atoms with Gasteiger partial charge in [-0.2, -0.15) is 0 Å². The fourth-order valence-electron chi connectivity index (χ4n) is 2.13. The summed E-state index contributed by atoms with van der Waals surface area (Å²) in [6.07, 6.45) is 0.809. The van der Waals surface area contributed by atoms with E-state index in [1.54, 1.807) is 18.2 Å². The van der Waals surface area contributed by atoms with Crippen LogP contribution in [0.2, 0.25) is 0 Å². The van der Waals surface area contributed by atoms with Crippen LogP contribution in [-0.4, -0.2) is 28.5 Å². The van der Waals surface area contributed by atoms with Crippen molar-refractivity contribution in [1.82, 2.24) is 10.3 Å². The number of hydrogen-bond donors (Lipinski definition) is 2. The third kappa shape index (κ3) is 4.49. The van der Waals surface area contributed by atoms with Crippen LogP contribution in [0.15, 0.2) is 47.4 Å². The van der Waals surface area contributed by atoms with Crippen molar-refractivity contribution in [3.63, 3.8) is 0 Å². The molecule has 25 heavy (non-hydrogen) atoms. The Bertz CT molecular complexity index is 848. The lowest BCUT2D eigenvalue weighted by atomic mass is 10.2. The molecule has 0 saturated carbocycles. The molecule has 0 bridgehead atoms. The largest absolute Gasteiger partial charge is 0.493 e. The van der Waals surface area contributed by atoms with Gasteiger partial charge in [0.1, 0.15) is 0 Å². The van der Waals surface area contributed by atoms with Crippen LogP contribution in [0.1, 0.15) is 22.8 Å². The van der Waals surface area contributed by atoms with Gasteiger partial charge in [0.2, 0.25) is 0 Å². The highest BCUT2D eigenvalue weighted by Crippen LogP contribution is 2.27. The fourth-order valence-corrected chi connectivity index (χ4v) is 2.97. The van der Waals surface area contributed by atoms with Gasteiger partial charge in [0, 0.05) is 5.56 Å². The molecule has 8 heteroatoms. The summed E-state index contributed by atoms with van der Waals surface area (Å²) in [5.41, 5.74) is 3.43. The lowest BCUT2D eigenvalue weighted by Crippen LogP contribution is -2.41. The van der Waals surface area contributed by atoms with Crippen molar-refractivity contribution in [2.24, 2.45) is 0 Å². The lowest BCUT2D eigenvalue weighted by Gasteiger charge is -2.11. The van der Waals surface area contributed by atoms with E-state index >= 15 is 0 Å². The van der Waals surface area contributed by atoms with Crippen LogP contribution in [0.25, 0.3) is 0 Å². The van der Waals surface area contributed by atoms with E-state index in [0.717, 1.165) is 12.0 Å². The number of nitrogens with one attached hydrogen (secondary N) is 2. The van der Waals surface area contributed by atoms with Crippen molar-refractivity contribution in [2.75, 3.05) is 14.2 Å². The molecule has 0 aliphatic carbocycles. The molecule has 134 valence electrons. The number of carbonyl (C=O) groups is 1. The van der Waals surface area contributed by atoms with Gasteiger partial charge in [0.25, 0.3) is 15.9 Å². The maximum atomic E-state index is 12.2. The van der Waals surface area contributed by atoms with Crippen LogP contribution < -0.4 is 19.7 Å². The summed E-state index contributed by atoms with van der Waals surface area (Å²) in [6.45, 7) is 1.98. The smallest absolute Gasteiger partial charge is 0.266 e. The van der Waals surface area contributed by atoms with Crippen LogP contribution in [-0.2, 0) is 16.4 Å². The quantitative estimate of drug-likeness (QED) is 0.732. The van der Waals surface area contributed by atoms with Crippen LogP contribution in [0.3, 0.4) is 0 Å². The molecule has 0 atom stereocenters. The molecule has 2 N–H and O–H groups in total. The number of sulfonamides is 1. The second-order valence-electron chi connectivity index (χ2n) is 5.13. The van der Waals surface area contributed by atoms with Crippen LogP contribution in [0.4, 0.5) is 0 Å². The van der Waals surface area contributed by atoms with Gasteiger partial charge in [-0.05, 0) is 42.3 Å². The Morgan fingerprint density at radius 2 is 1.64 bits per heavy atom. The van der Waals surface area contributed by atoms with Crippen molar-refractivity contribution in [3.8, 4) is 11.5 Å². The maximum Gasteiger partial charge on any atom is 0.266 e. The zero-order chi connectivity index (χ0) is 18.4. The number of hydrogen-bond acceptors (Lipinski definition) is 5. The molecule has 1 amide bonds. The van der Waals surface area contributed by atoms with Gasteiger partial charge >= 0.3 is 0 Å². The number of aryl methyl sites for hydroxylation is 1. The zero-order valence-electron chi connectivity index (χ0n) is 14.2. The molecule has 0 heterocycles. The minimum Gasteiger partial charge on any atom is -0.493 e. The number of benzene rings is 2. The Labute approximate surface area is 147 Å². The first-order chi connectivity index (χ1) is 11.9. The number of rotatable bonds is 7. The van der Waals surface area contributed by atoms with Crippen LogP contribution in [0, 0.1) is 0 Å². The monoisotopic (exact) mass is 364 g/mol. The molecule has 2 aromatic carbocycles. The van der Waals surface area contributed by atoms with E-state index in [2.05, 4.69) is 10.3 Å². The molecule has 0 fully saturated rings. The van der Waals surface area contributed by atoms with Crippen LogP contribution >= 0.6 is 0 Å². The highest BCUT2D eigenvalue weighted by atomic mass is 32.2. The molecule has 2 rings (SSSR count). The molecule has 0 aliphatic heterocycles. The van der Waals surface area contributed by atoms with E-state index < -0.39 is 15.9 Å². The normalized spacial score (nSPS) is 11.0. The molecule has 0 spiro atoms. The Morgan fingerprint density at radius 1 is 1.00 bits per heavy atom. The summed E-state index contributed by atoms with van der Waals surface area (Å²) in [5, 5.41) is 0. The molecule has 0 aromatic heterocycles. The first-order valence-electron chi connectivity index (χ1n) is 7.54. The average molecular weight is 364 g/mol. The van der Waals surface area contributed by atoms with Crippen molar-refractivity contribution < 1.29 is 22.7 Å². The third-order valence-electron chi connectivity index (χ3n) is 3.59. The fraction of sp³-hybridized carbons (Fsp3) is 0.235. The number of methoxy groups -OCH3 is 2. The Balaban J connectivity index is 2.10. The first kappa shape index (κ1) is 18.8. The van der Waals surface area contributed by atoms with Crippen LogP contribution in [0.5, 0.6) is 11.5 Å². The minimum absolute atomic E-state index is 0.0670. The van der Waals surface area contributed by atoms with E-state index in [-0.39, 0.29) is 10.5 Å². The van der Waals surface area contributed by atoms with Gasteiger partial charge < -0.3 is 9.47 Å². The Morgan fingerprint density at radius 3 is 2.20 bits per heavy atom. The molecule has 2 aromatic rings. The molecule has 0 saturated heterocycles. The van der Waals surface area contributed by atoms with Gasteiger partial charge in [0.05, 0.1) is 19.1 Å². The number of hydrazine groups is 1. The summed E-state index contributed by atoms with van der Waals surface area (Å²) in [5.74, 6) is 0.221. The van der Waals surface area contributed by atoms with Crippen molar-refractivity contribution in [2.45, 2.75) is 18.2 Å². The molecular weight excluding hydrogens is 344 g/mol. The SMILES string of the molecule is CCc1ccc(S(=O)(=O)NNC(=O)c2ccc(OC)c(OC)c2)cc1. The summed E-state index contributed by atoms with van der Waals surface area (Å²) in [6, 6.07) is 11.0. The van der Waals surface area contributed by atoms with E-state index in [9.17, 15) is 13.2 Å². The average Bonchev–Trinajstić information content (AvgIpc) is 2.65. The predicted octanol–water partition coefficient (Wildman–Crippen LogP) is 1.89. The minimum atomic E-state index is -3.85. The number of amides is 1. The number of ether oxygens (including phenoxy) is 2. The second kappa shape index (κ2) is 8.00. The van der Waals surface area contributed by atoms with E-state index in [1.165, 1.54) is 38.5 Å². The van der Waals surface area contributed by atoms with Gasteiger partial charge in [-0.25, -0.2) is 8.42 Å². The van der Waals surface area contributed by atoms with E-state index in [1.807, 2.05) is 6.92 Å². The summed E-state index contributed by atoms with van der Waals surface area (Å²) < 4.78 is 34.7. The topological polar surface area (TPSA) is 93.7 Å². The highest BCUT2D eigenvalue weighted by Gasteiger charge is 2.16. The van der Waals surface area contributed by atoms with Crippen molar-refractivity contribution in [3.05, 3.63) is 53.6 Å². The Kier molecular flexibility index (Phi) is 6.00. The summed E-state index contributed by atoms with van der Waals surface area (Å²) in [7, 11) is -0.926. The van der Waals surface area contributed by atoms with Crippen molar-refractivity contribution >= 4 is 15.9 Å².